The van der Waals surface area contributed by atoms with E-state index in [9.17, 15) is 9.90 Å². The molecule has 0 spiro atoms. The number of fused-ring (bicyclic) bond motifs is 1. The Morgan fingerprint density at radius 1 is 1.18 bits per heavy atom. The highest BCUT2D eigenvalue weighted by molar-refractivity contribution is 7.19. The van der Waals surface area contributed by atoms with E-state index in [4.69, 9.17) is 4.74 Å². The molecule has 0 aliphatic heterocycles. The molecule has 0 radical (unpaired) electrons. The standard InChI is InChI=1S/C17H13NO3S/c1-21-13-7-8-14-15(10-13)22-16(18-14)9-4-11-2-5-12(6-3-11)17(19)20/h2-10H,1H3,(H,19,20)/p-1/b9-4+. The lowest BCUT2D eigenvalue weighted by molar-refractivity contribution is -0.255. The smallest absolute Gasteiger partial charge is 0.120 e. The van der Waals surface area contributed by atoms with Crippen LogP contribution in [0.2, 0.25) is 0 Å². The number of nitrogens with zero attached hydrogens (tertiary/aromatic N) is 1. The SMILES string of the molecule is COc1ccc2nc(/C=C/c3ccc(C(=O)[O-])cc3)sc2c1. The van der Waals surface area contributed by atoms with Crippen LogP contribution in [0.4, 0.5) is 0 Å². The fraction of sp³-hybridized carbons (Fsp3) is 0.0588. The van der Waals surface area contributed by atoms with Crippen LogP contribution in [0.3, 0.4) is 0 Å². The Hall–Kier alpha value is -2.66. The van der Waals surface area contributed by atoms with Crippen molar-refractivity contribution in [2.24, 2.45) is 0 Å². The first-order chi connectivity index (χ1) is 10.7. The van der Waals surface area contributed by atoms with Crippen LogP contribution in [0.1, 0.15) is 20.9 Å². The summed E-state index contributed by atoms with van der Waals surface area (Å²) in [5, 5.41) is 11.6. The third kappa shape index (κ3) is 2.99. The number of methoxy groups -OCH3 is 1. The number of ether oxygens (including phenoxy) is 1. The summed E-state index contributed by atoms with van der Waals surface area (Å²) in [6.07, 6.45) is 3.80. The van der Waals surface area contributed by atoms with Gasteiger partial charge in [0.05, 0.1) is 23.3 Å². The molecule has 22 heavy (non-hydrogen) atoms. The quantitative estimate of drug-likeness (QED) is 0.743. The molecule has 0 atom stereocenters. The molecule has 3 aromatic rings. The third-order valence-electron chi connectivity index (χ3n) is 3.18. The van der Waals surface area contributed by atoms with Crippen LogP contribution in [0, 0.1) is 0 Å². The first-order valence-corrected chi connectivity index (χ1v) is 7.41. The monoisotopic (exact) mass is 310 g/mol. The molecule has 1 aromatic heterocycles. The second kappa shape index (κ2) is 5.99. The minimum Gasteiger partial charge on any atom is -0.545 e. The molecule has 4 nitrogen and oxygen atoms in total. The molecule has 0 aliphatic carbocycles. The number of thiazole rings is 1. The molecular formula is C17H12NO3S-. The van der Waals surface area contributed by atoms with Gasteiger partial charge in [-0.3, -0.25) is 0 Å². The summed E-state index contributed by atoms with van der Waals surface area (Å²) in [6.45, 7) is 0. The van der Waals surface area contributed by atoms with Crippen molar-refractivity contribution in [3.63, 3.8) is 0 Å². The van der Waals surface area contributed by atoms with Crippen LogP contribution in [-0.4, -0.2) is 18.1 Å². The molecule has 110 valence electrons. The van der Waals surface area contributed by atoms with E-state index < -0.39 is 5.97 Å². The van der Waals surface area contributed by atoms with E-state index in [0.717, 1.165) is 26.5 Å². The lowest BCUT2D eigenvalue weighted by atomic mass is 10.1. The Labute approximate surface area is 131 Å². The number of hydrogen-bond donors (Lipinski definition) is 0. The zero-order valence-corrected chi connectivity index (χ0v) is 12.6. The summed E-state index contributed by atoms with van der Waals surface area (Å²) < 4.78 is 6.26. The second-order valence-corrected chi connectivity index (χ2v) is 5.69. The number of carboxylic acids is 1. The van der Waals surface area contributed by atoms with E-state index in [1.807, 2.05) is 30.4 Å². The van der Waals surface area contributed by atoms with Crippen molar-refractivity contribution < 1.29 is 14.6 Å². The van der Waals surface area contributed by atoms with E-state index >= 15 is 0 Å². The molecule has 0 N–H and O–H groups in total. The lowest BCUT2D eigenvalue weighted by Gasteiger charge is -2.01. The number of rotatable bonds is 4. The fourth-order valence-electron chi connectivity index (χ4n) is 2.02. The first kappa shape index (κ1) is 14.3. The van der Waals surface area contributed by atoms with Crippen LogP contribution in [0.5, 0.6) is 5.75 Å². The molecule has 0 saturated heterocycles. The van der Waals surface area contributed by atoms with Crippen molar-refractivity contribution in [1.29, 1.82) is 0 Å². The Morgan fingerprint density at radius 3 is 2.64 bits per heavy atom. The number of carbonyl (C=O) groups is 1. The Balaban J connectivity index is 1.84. The van der Waals surface area contributed by atoms with Gasteiger partial charge in [-0.05, 0) is 35.4 Å². The molecule has 0 aliphatic rings. The van der Waals surface area contributed by atoms with Crippen LogP contribution < -0.4 is 9.84 Å². The Bertz CT molecular complexity index is 850. The maximum atomic E-state index is 10.7. The number of carbonyl (C=O) groups excluding carboxylic acids is 1. The topological polar surface area (TPSA) is 62.2 Å². The predicted molar refractivity (Wildman–Crippen MR) is 85.9 cm³/mol. The molecule has 3 rings (SSSR count). The van der Waals surface area contributed by atoms with E-state index in [0.29, 0.717) is 0 Å². The summed E-state index contributed by atoms with van der Waals surface area (Å²) in [4.78, 5) is 15.2. The van der Waals surface area contributed by atoms with Gasteiger partial charge in [0.2, 0.25) is 0 Å². The Morgan fingerprint density at radius 2 is 1.95 bits per heavy atom. The van der Waals surface area contributed by atoms with E-state index in [-0.39, 0.29) is 5.56 Å². The zero-order chi connectivity index (χ0) is 15.5. The highest BCUT2D eigenvalue weighted by Gasteiger charge is 2.02. The molecule has 0 unspecified atom stereocenters. The summed E-state index contributed by atoms with van der Waals surface area (Å²) in [5.41, 5.74) is 2.00. The molecular weight excluding hydrogens is 298 g/mol. The maximum Gasteiger partial charge on any atom is 0.120 e. The van der Waals surface area contributed by atoms with Gasteiger partial charge in [0.25, 0.3) is 0 Å². The van der Waals surface area contributed by atoms with Crippen molar-refractivity contribution >= 4 is 39.7 Å². The van der Waals surface area contributed by atoms with Crippen molar-refractivity contribution in [2.45, 2.75) is 0 Å². The fourth-order valence-corrected chi connectivity index (χ4v) is 2.92. The van der Waals surface area contributed by atoms with Crippen LogP contribution in [-0.2, 0) is 0 Å². The summed E-state index contributed by atoms with van der Waals surface area (Å²) in [6, 6.07) is 12.3. The molecule has 2 aromatic carbocycles. The van der Waals surface area contributed by atoms with Crippen LogP contribution in [0.15, 0.2) is 42.5 Å². The summed E-state index contributed by atoms with van der Waals surface area (Å²) in [5.74, 6) is -0.361. The third-order valence-corrected chi connectivity index (χ3v) is 4.16. The number of aromatic nitrogens is 1. The van der Waals surface area contributed by atoms with E-state index in [1.54, 1.807) is 30.6 Å². The average Bonchev–Trinajstić information content (AvgIpc) is 2.95. The molecule has 0 saturated carbocycles. The normalized spacial score (nSPS) is 11.1. The van der Waals surface area contributed by atoms with Crippen molar-refractivity contribution in [2.75, 3.05) is 7.11 Å². The molecule has 0 fully saturated rings. The van der Waals surface area contributed by atoms with Crippen LogP contribution in [0.25, 0.3) is 22.4 Å². The average molecular weight is 310 g/mol. The summed E-state index contributed by atoms with van der Waals surface area (Å²) >= 11 is 1.57. The minimum absolute atomic E-state index is 0.171. The van der Waals surface area contributed by atoms with Gasteiger partial charge < -0.3 is 14.6 Å². The number of carboxylic acid groups (broad SMARTS) is 1. The molecule has 0 bridgehead atoms. The van der Waals surface area contributed by atoms with Gasteiger partial charge in [0, 0.05) is 0 Å². The van der Waals surface area contributed by atoms with Gasteiger partial charge in [-0.25, -0.2) is 4.98 Å². The number of aromatic carboxylic acids is 1. The Kier molecular flexibility index (Phi) is 3.89. The van der Waals surface area contributed by atoms with E-state index in [1.165, 1.54) is 12.1 Å². The first-order valence-electron chi connectivity index (χ1n) is 6.60. The summed E-state index contributed by atoms with van der Waals surface area (Å²) in [7, 11) is 1.64. The van der Waals surface area contributed by atoms with Gasteiger partial charge in [-0.1, -0.05) is 30.3 Å². The second-order valence-electron chi connectivity index (χ2n) is 4.63. The van der Waals surface area contributed by atoms with Crippen molar-refractivity contribution in [3.05, 3.63) is 58.6 Å². The highest BCUT2D eigenvalue weighted by Crippen LogP contribution is 2.27. The van der Waals surface area contributed by atoms with Gasteiger partial charge >= 0.3 is 0 Å². The maximum absolute atomic E-state index is 10.7. The van der Waals surface area contributed by atoms with E-state index in [2.05, 4.69) is 4.98 Å². The highest BCUT2D eigenvalue weighted by atomic mass is 32.1. The molecule has 1 heterocycles. The number of hydrogen-bond acceptors (Lipinski definition) is 5. The van der Waals surface area contributed by atoms with Gasteiger partial charge in [0.15, 0.2) is 0 Å². The largest absolute Gasteiger partial charge is 0.545 e. The van der Waals surface area contributed by atoms with Gasteiger partial charge in [-0.15, -0.1) is 11.3 Å². The van der Waals surface area contributed by atoms with Crippen molar-refractivity contribution in [3.8, 4) is 5.75 Å². The molecule has 5 heteroatoms. The zero-order valence-electron chi connectivity index (χ0n) is 11.8. The number of benzene rings is 2. The van der Waals surface area contributed by atoms with Crippen molar-refractivity contribution in [1.82, 2.24) is 4.98 Å². The van der Waals surface area contributed by atoms with Gasteiger partial charge in [0.1, 0.15) is 10.8 Å². The lowest BCUT2D eigenvalue weighted by Crippen LogP contribution is -2.21. The minimum atomic E-state index is -1.17. The van der Waals surface area contributed by atoms with Crippen LogP contribution >= 0.6 is 11.3 Å². The molecule has 0 amide bonds. The van der Waals surface area contributed by atoms with Gasteiger partial charge in [-0.2, -0.15) is 0 Å². The predicted octanol–water partition coefficient (Wildman–Crippen LogP) is 2.84.